The molecule has 1 amide bonds. The summed E-state index contributed by atoms with van der Waals surface area (Å²) in [6.45, 7) is 8.21. The molecule has 3 aromatic heterocycles. The topological polar surface area (TPSA) is 104 Å². The Labute approximate surface area is 247 Å². The van der Waals surface area contributed by atoms with E-state index in [2.05, 4.69) is 21.5 Å². The fourth-order valence-corrected chi connectivity index (χ4v) is 5.38. The van der Waals surface area contributed by atoms with Crippen LogP contribution in [0.1, 0.15) is 31.0 Å². The van der Waals surface area contributed by atoms with E-state index in [-0.39, 0.29) is 53.6 Å². The largest absolute Gasteiger partial charge is 0.507 e. The highest BCUT2D eigenvalue weighted by atomic mass is 19.4. The summed E-state index contributed by atoms with van der Waals surface area (Å²) in [5, 5.41) is 10.3. The van der Waals surface area contributed by atoms with Gasteiger partial charge in [0.05, 0.1) is 28.2 Å². The molecule has 0 bridgehead atoms. The second kappa shape index (κ2) is 11.3. The zero-order chi connectivity index (χ0) is 32.1. The van der Waals surface area contributed by atoms with Crippen LogP contribution in [0, 0.1) is 18.6 Å². The van der Waals surface area contributed by atoms with Crippen LogP contribution in [-0.2, 0) is 4.79 Å². The van der Waals surface area contributed by atoms with Gasteiger partial charge in [-0.15, -0.1) is 0 Å². The van der Waals surface area contributed by atoms with Gasteiger partial charge in [0.25, 0.3) is 0 Å². The number of phenols is 1. The number of fused-ring (bicyclic) bond motifs is 1. The van der Waals surface area contributed by atoms with Crippen LogP contribution in [0.2, 0.25) is 0 Å². The number of aromatic hydroxyl groups is 1. The van der Waals surface area contributed by atoms with Gasteiger partial charge in [0.15, 0.2) is 11.5 Å². The van der Waals surface area contributed by atoms with Crippen molar-refractivity contribution < 1.29 is 31.9 Å². The third kappa shape index (κ3) is 5.24. The van der Waals surface area contributed by atoms with Crippen molar-refractivity contribution in [1.29, 1.82) is 0 Å². The minimum Gasteiger partial charge on any atom is -0.507 e. The van der Waals surface area contributed by atoms with Crippen LogP contribution in [-0.4, -0.2) is 67.3 Å². The molecule has 1 aliphatic rings. The van der Waals surface area contributed by atoms with Gasteiger partial charge in [-0.1, -0.05) is 12.6 Å². The Morgan fingerprint density at radius 2 is 1.89 bits per heavy atom. The van der Waals surface area contributed by atoms with Gasteiger partial charge in [0.2, 0.25) is 5.91 Å². The number of hydrogen-bond donors (Lipinski definition) is 1. The van der Waals surface area contributed by atoms with Gasteiger partial charge in [-0.3, -0.25) is 9.78 Å². The zero-order valence-corrected chi connectivity index (χ0v) is 23.9. The first-order valence-corrected chi connectivity index (χ1v) is 13.6. The van der Waals surface area contributed by atoms with Gasteiger partial charge in [-0.05, 0) is 56.7 Å². The van der Waals surface area contributed by atoms with Gasteiger partial charge >= 0.3 is 11.9 Å². The molecule has 4 heterocycles. The molecule has 1 fully saturated rings. The molecule has 0 spiro atoms. The Morgan fingerprint density at radius 1 is 1.16 bits per heavy atom. The number of anilines is 1. The van der Waals surface area contributed by atoms with E-state index in [9.17, 15) is 32.3 Å². The number of pyridine rings is 2. The minimum atomic E-state index is -4.73. The number of rotatable bonds is 5. The molecule has 9 nitrogen and oxygen atoms in total. The average Bonchev–Trinajstić information content (AvgIpc) is 2.96. The van der Waals surface area contributed by atoms with Crippen LogP contribution in [0.25, 0.3) is 28.0 Å². The molecular weight excluding hydrogens is 587 g/mol. The van der Waals surface area contributed by atoms with Crippen LogP contribution < -0.4 is 10.6 Å². The van der Waals surface area contributed by atoms with Gasteiger partial charge in [-0.2, -0.15) is 18.2 Å². The van der Waals surface area contributed by atoms with Crippen molar-refractivity contribution in [3.05, 3.63) is 82.6 Å². The van der Waals surface area contributed by atoms with Crippen LogP contribution in [0.4, 0.5) is 27.8 Å². The highest BCUT2D eigenvalue weighted by Gasteiger charge is 2.40. The van der Waals surface area contributed by atoms with Crippen molar-refractivity contribution in [2.75, 3.05) is 24.5 Å². The highest BCUT2D eigenvalue weighted by Crippen LogP contribution is 2.39. The summed E-state index contributed by atoms with van der Waals surface area (Å²) >= 11 is 0. The number of phenolic OH excluding ortho intramolecular Hbond substituents is 1. The lowest BCUT2D eigenvalue weighted by Crippen LogP contribution is -2.54. The normalized spacial score (nSPS) is 16.3. The quantitative estimate of drug-likeness (QED) is 0.249. The number of carbonyl (C=O) groups is 1. The molecule has 1 aromatic carbocycles. The Kier molecular flexibility index (Phi) is 7.87. The zero-order valence-electron chi connectivity index (χ0n) is 23.9. The molecule has 1 aliphatic heterocycles. The molecule has 0 saturated carbocycles. The molecule has 1 saturated heterocycles. The molecule has 0 unspecified atom stereocenters. The standard InChI is InChI=1S/C30H27F5N6O3/c1-5-22(43)39-11-12-40(16(3)14-39)27-18-13-20(32)25(23-19(31)7-6-8-21(23)42)37-28(18)41(29(44)38-27)26-15(2)9-10-36-24(26)17(4)30(33,34)35/h5-10,13,16-17,42H,1,11-12,14H2,2-4H3/t16-,17+/m0/s1. The lowest BCUT2D eigenvalue weighted by Gasteiger charge is -2.40. The number of hydrogen-bond acceptors (Lipinski definition) is 7. The number of halogens is 5. The second-order valence-electron chi connectivity index (χ2n) is 10.5. The Balaban J connectivity index is 1.85. The maximum Gasteiger partial charge on any atom is 0.397 e. The van der Waals surface area contributed by atoms with E-state index in [1.165, 1.54) is 31.3 Å². The molecular formula is C30H27F5N6O3. The lowest BCUT2D eigenvalue weighted by atomic mass is 10.0. The Hall–Kier alpha value is -4.88. The summed E-state index contributed by atoms with van der Waals surface area (Å²) < 4.78 is 73.4. The Morgan fingerprint density at radius 3 is 2.52 bits per heavy atom. The van der Waals surface area contributed by atoms with Crippen LogP contribution >= 0.6 is 0 Å². The summed E-state index contributed by atoms with van der Waals surface area (Å²) in [4.78, 5) is 41.7. The molecule has 4 aromatic rings. The molecule has 0 radical (unpaired) electrons. The molecule has 0 aliphatic carbocycles. The highest BCUT2D eigenvalue weighted by molar-refractivity contribution is 5.91. The maximum absolute atomic E-state index is 15.8. The minimum absolute atomic E-state index is 0.0258. The van der Waals surface area contributed by atoms with Gasteiger partial charge in [-0.25, -0.2) is 23.1 Å². The number of piperazine rings is 1. The van der Waals surface area contributed by atoms with Gasteiger partial charge in [0.1, 0.15) is 23.1 Å². The van der Waals surface area contributed by atoms with Crippen molar-refractivity contribution in [3.63, 3.8) is 0 Å². The summed E-state index contributed by atoms with van der Waals surface area (Å²) in [7, 11) is 0. The van der Waals surface area contributed by atoms with Gasteiger partial charge < -0.3 is 14.9 Å². The first-order valence-electron chi connectivity index (χ1n) is 13.6. The summed E-state index contributed by atoms with van der Waals surface area (Å²) in [5.74, 6) is -5.18. The maximum atomic E-state index is 15.8. The predicted molar refractivity (Wildman–Crippen MR) is 153 cm³/mol. The third-order valence-corrected chi connectivity index (χ3v) is 7.69. The van der Waals surface area contributed by atoms with Crippen LogP contribution in [0.15, 0.2) is 54.0 Å². The van der Waals surface area contributed by atoms with E-state index in [0.717, 1.165) is 29.7 Å². The number of alkyl halides is 3. The number of amides is 1. The lowest BCUT2D eigenvalue weighted by molar-refractivity contribution is -0.147. The van der Waals surface area contributed by atoms with E-state index < -0.39 is 58.2 Å². The fourth-order valence-electron chi connectivity index (χ4n) is 5.38. The first kappa shape index (κ1) is 30.6. The van der Waals surface area contributed by atoms with E-state index in [1.54, 1.807) is 16.7 Å². The molecule has 5 rings (SSSR count). The number of aromatic nitrogens is 4. The number of benzene rings is 1. The molecule has 2 atom stereocenters. The molecule has 1 N–H and O–H groups in total. The van der Waals surface area contributed by atoms with Crippen molar-refractivity contribution in [2.24, 2.45) is 0 Å². The van der Waals surface area contributed by atoms with Crippen LogP contribution in [0.5, 0.6) is 5.75 Å². The summed E-state index contributed by atoms with van der Waals surface area (Å²) in [5.41, 5.74) is -3.18. The second-order valence-corrected chi connectivity index (χ2v) is 10.5. The summed E-state index contributed by atoms with van der Waals surface area (Å²) in [6, 6.07) is 5.22. The number of aryl methyl sites for hydroxylation is 1. The smallest absolute Gasteiger partial charge is 0.397 e. The van der Waals surface area contributed by atoms with Crippen molar-refractivity contribution in [1.82, 2.24) is 24.4 Å². The third-order valence-electron chi connectivity index (χ3n) is 7.69. The van der Waals surface area contributed by atoms with E-state index in [1.807, 2.05) is 0 Å². The molecule has 230 valence electrons. The van der Waals surface area contributed by atoms with Crippen molar-refractivity contribution in [2.45, 2.75) is 38.9 Å². The van der Waals surface area contributed by atoms with E-state index in [0.29, 0.717) is 0 Å². The molecule has 44 heavy (non-hydrogen) atoms. The Bertz CT molecular complexity index is 1840. The number of nitrogens with zero attached hydrogens (tertiary/aromatic N) is 6. The summed E-state index contributed by atoms with van der Waals surface area (Å²) in [6.07, 6.45) is -2.39. The molecule has 14 heteroatoms. The van der Waals surface area contributed by atoms with Gasteiger partial charge in [0, 0.05) is 31.9 Å². The number of carbonyl (C=O) groups excluding carboxylic acids is 1. The monoisotopic (exact) mass is 614 g/mol. The SMILES string of the molecule is C=CC(=O)N1CCN(c2nc(=O)n(-c3c(C)ccnc3[C@@H](C)C(F)(F)F)c3nc(-c4c(O)cccc4F)c(F)cc23)[C@@H](C)C1. The van der Waals surface area contributed by atoms with Crippen LogP contribution in [0.3, 0.4) is 0 Å². The fraction of sp³-hybridized carbons (Fsp3) is 0.300. The predicted octanol–water partition coefficient (Wildman–Crippen LogP) is 5.02. The van der Waals surface area contributed by atoms with Crippen molar-refractivity contribution >= 4 is 22.8 Å². The van der Waals surface area contributed by atoms with E-state index >= 15 is 4.39 Å². The van der Waals surface area contributed by atoms with E-state index in [4.69, 9.17) is 0 Å². The first-order chi connectivity index (χ1) is 20.7. The van der Waals surface area contributed by atoms with Crippen molar-refractivity contribution in [3.8, 4) is 22.7 Å². The average molecular weight is 615 g/mol.